The summed E-state index contributed by atoms with van der Waals surface area (Å²) < 4.78 is 5.83. The van der Waals surface area contributed by atoms with Crippen LogP contribution >= 0.6 is 0 Å². The summed E-state index contributed by atoms with van der Waals surface area (Å²) in [5.74, 6) is 2.77. The molecule has 0 aliphatic carbocycles. The van der Waals surface area contributed by atoms with Crippen LogP contribution in [0.5, 0.6) is 0 Å². The van der Waals surface area contributed by atoms with E-state index < -0.39 is 0 Å². The third-order valence-electron chi connectivity index (χ3n) is 4.48. The topological polar surface area (TPSA) is 82.1 Å². The van der Waals surface area contributed by atoms with Crippen molar-refractivity contribution in [1.82, 2.24) is 20.1 Å². The Bertz CT molecular complexity index is 742. The van der Waals surface area contributed by atoms with E-state index in [1.165, 1.54) is 0 Å². The summed E-state index contributed by atoms with van der Waals surface area (Å²) in [6, 6.07) is 5.84. The molecule has 3 rings (SSSR count). The van der Waals surface area contributed by atoms with Crippen molar-refractivity contribution in [3.63, 3.8) is 0 Å². The zero-order valence-corrected chi connectivity index (χ0v) is 15.0. The predicted molar refractivity (Wildman–Crippen MR) is 94.0 cm³/mol. The van der Waals surface area contributed by atoms with Crippen LogP contribution in [0.25, 0.3) is 0 Å². The van der Waals surface area contributed by atoms with Crippen LogP contribution in [-0.2, 0) is 6.42 Å². The Morgan fingerprint density at radius 1 is 1.20 bits per heavy atom. The van der Waals surface area contributed by atoms with Gasteiger partial charge in [-0.2, -0.15) is 5.26 Å². The van der Waals surface area contributed by atoms with Gasteiger partial charge in [0, 0.05) is 38.8 Å². The largest absolute Gasteiger partial charge is 0.424 e. The van der Waals surface area contributed by atoms with Crippen LogP contribution in [0.1, 0.15) is 44.2 Å². The average molecular weight is 340 g/mol. The Morgan fingerprint density at radius 2 is 1.96 bits per heavy atom. The minimum atomic E-state index is 0.106. The number of hydrogen-bond donors (Lipinski definition) is 0. The summed E-state index contributed by atoms with van der Waals surface area (Å²) in [6.07, 6.45) is 2.51. The number of nitrogens with zero attached hydrogens (tertiary/aromatic N) is 6. The molecule has 0 amide bonds. The molecule has 1 aliphatic rings. The minimum absolute atomic E-state index is 0.106. The highest BCUT2D eigenvalue weighted by Gasteiger charge is 2.26. The van der Waals surface area contributed by atoms with Crippen molar-refractivity contribution in [2.45, 2.75) is 33.2 Å². The fraction of sp³-hybridized carbons (Fsp3) is 0.556. The molecule has 0 bridgehead atoms. The van der Waals surface area contributed by atoms with Crippen molar-refractivity contribution in [1.29, 1.82) is 5.26 Å². The fourth-order valence-electron chi connectivity index (χ4n) is 3.02. The van der Waals surface area contributed by atoms with Crippen molar-refractivity contribution >= 4 is 5.82 Å². The van der Waals surface area contributed by atoms with E-state index in [4.69, 9.17) is 9.68 Å². The van der Waals surface area contributed by atoms with Crippen LogP contribution in [-0.4, -0.2) is 46.3 Å². The zero-order valence-electron chi connectivity index (χ0n) is 15.0. The monoisotopic (exact) mass is 340 g/mol. The fourth-order valence-corrected chi connectivity index (χ4v) is 3.02. The van der Waals surface area contributed by atoms with Gasteiger partial charge in [-0.05, 0) is 25.0 Å². The molecule has 1 atom stereocenters. The number of pyridine rings is 1. The number of hydrogen-bond acceptors (Lipinski definition) is 7. The predicted octanol–water partition coefficient (Wildman–Crippen LogP) is 2.42. The first-order valence-electron chi connectivity index (χ1n) is 8.74. The summed E-state index contributed by atoms with van der Waals surface area (Å²) in [4.78, 5) is 8.94. The number of aromatic nitrogens is 3. The number of nitriles is 1. The quantitative estimate of drug-likeness (QED) is 0.826. The van der Waals surface area contributed by atoms with Crippen LogP contribution in [0.15, 0.2) is 22.7 Å². The summed E-state index contributed by atoms with van der Waals surface area (Å²) in [7, 11) is 0. The smallest absolute Gasteiger partial charge is 0.233 e. The second kappa shape index (κ2) is 7.62. The number of rotatable bonds is 5. The number of anilines is 1. The van der Waals surface area contributed by atoms with Crippen molar-refractivity contribution in [2.24, 2.45) is 5.92 Å². The molecule has 0 N–H and O–H groups in total. The maximum Gasteiger partial charge on any atom is 0.233 e. The summed E-state index contributed by atoms with van der Waals surface area (Å²) in [6.45, 7) is 9.89. The first kappa shape index (κ1) is 17.4. The third kappa shape index (κ3) is 4.15. The van der Waals surface area contributed by atoms with Gasteiger partial charge in [-0.1, -0.05) is 13.8 Å². The normalized spacial score (nSPS) is 16.8. The summed E-state index contributed by atoms with van der Waals surface area (Å²) >= 11 is 0. The van der Waals surface area contributed by atoms with E-state index in [1.54, 1.807) is 12.3 Å². The Labute approximate surface area is 148 Å². The molecule has 1 unspecified atom stereocenters. The summed E-state index contributed by atoms with van der Waals surface area (Å²) in [5.41, 5.74) is 0.643. The van der Waals surface area contributed by atoms with Gasteiger partial charge in [0.1, 0.15) is 5.82 Å². The second-order valence-corrected chi connectivity index (χ2v) is 6.85. The standard InChI is InChI=1S/C18H24N6O/c1-13(2)10-17-21-22-18(25-17)14(3)23-6-8-24(9-7-23)16-11-15(12-19)4-5-20-16/h4-5,11,13-14H,6-10H2,1-3H3. The van der Waals surface area contributed by atoms with Crippen LogP contribution in [0.2, 0.25) is 0 Å². The minimum Gasteiger partial charge on any atom is -0.424 e. The van der Waals surface area contributed by atoms with E-state index in [1.807, 2.05) is 6.07 Å². The molecule has 0 saturated carbocycles. The van der Waals surface area contributed by atoms with Crippen molar-refractivity contribution < 1.29 is 4.42 Å². The molecular formula is C18H24N6O. The molecule has 0 aromatic carbocycles. The molecule has 2 aromatic heterocycles. The Balaban J connectivity index is 1.59. The van der Waals surface area contributed by atoms with Crippen molar-refractivity contribution in [3.05, 3.63) is 35.7 Å². The zero-order chi connectivity index (χ0) is 17.8. The lowest BCUT2D eigenvalue weighted by Gasteiger charge is -2.37. The van der Waals surface area contributed by atoms with E-state index in [0.717, 1.165) is 38.4 Å². The van der Waals surface area contributed by atoms with Crippen LogP contribution < -0.4 is 4.90 Å². The van der Waals surface area contributed by atoms with E-state index in [9.17, 15) is 0 Å². The van der Waals surface area contributed by atoms with Gasteiger partial charge in [-0.15, -0.1) is 10.2 Å². The van der Waals surface area contributed by atoms with Crippen LogP contribution in [0.3, 0.4) is 0 Å². The van der Waals surface area contributed by atoms with Gasteiger partial charge in [0.05, 0.1) is 17.7 Å². The van der Waals surface area contributed by atoms with Gasteiger partial charge < -0.3 is 9.32 Å². The molecule has 25 heavy (non-hydrogen) atoms. The molecule has 0 radical (unpaired) electrons. The van der Waals surface area contributed by atoms with Crippen molar-refractivity contribution in [3.8, 4) is 6.07 Å². The molecule has 2 aromatic rings. The van der Waals surface area contributed by atoms with Gasteiger partial charge in [0.15, 0.2) is 0 Å². The lowest BCUT2D eigenvalue weighted by atomic mass is 10.1. The highest BCUT2D eigenvalue weighted by molar-refractivity contribution is 5.45. The molecule has 1 fully saturated rings. The lowest BCUT2D eigenvalue weighted by molar-refractivity contribution is 0.170. The Hall–Kier alpha value is -2.46. The first-order chi connectivity index (χ1) is 12.1. The molecule has 132 valence electrons. The molecule has 0 spiro atoms. The molecule has 7 heteroatoms. The van der Waals surface area contributed by atoms with Crippen LogP contribution in [0.4, 0.5) is 5.82 Å². The van der Waals surface area contributed by atoms with Gasteiger partial charge in [0.25, 0.3) is 0 Å². The summed E-state index contributed by atoms with van der Waals surface area (Å²) in [5, 5.41) is 17.4. The van der Waals surface area contributed by atoms with E-state index in [-0.39, 0.29) is 6.04 Å². The van der Waals surface area contributed by atoms with Gasteiger partial charge in [0.2, 0.25) is 11.8 Å². The lowest BCUT2D eigenvalue weighted by Crippen LogP contribution is -2.47. The van der Waals surface area contributed by atoms with Crippen LogP contribution in [0, 0.1) is 17.2 Å². The second-order valence-electron chi connectivity index (χ2n) is 6.85. The average Bonchev–Trinajstić information content (AvgIpc) is 3.09. The van der Waals surface area contributed by atoms with E-state index >= 15 is 0 Å². The van der Waals surface area contributed by atoms with Gasteiger partial charge in [-0.3, -0.25) is 4.90 Å². The first-order valence-corrected chi connectivity index (χ1v) is 8.74. The molecule has 1 aliphatic heterocycles. The van der Waals surface area contributed by atoms with Crippen molar-refractivity contribution in [2.75, 3.05) is 31.1 Å². The van der Waals surface area contributed by atoms with E-state index in [2.05, 4.69) is 51.8 Å². The third-order valence-corrected chi connectivity index (χ3v) is 4.48. The maximum absolute atomic E-state index is 9.03. The Kier molecular flexibility index (Phi) is 5.29. The van der Waals surface area contributed by atoms with Gasteiger partial charge >= 0.3 is 0 Å². The Morgan fingerprint density at radius 3 is 2.64 bits per heavy atom. The highest BCUT2D eigenvalue weighted by Crippen LogP contribution is 2.23. The van der Waals surface area contributed by atoms with E-state index in [0.29, 0.717) is 23.3 Å². The highest BCUT2D eigenvalue weighted by atomic mass is 16.4. The molecular weight excluding hydrogens is 316 g/mol. The maximum atomic E-state index is 9.03. The molecule has 7 nitrogen and oxygen atoms in total. The molecule has 3 heterocycles. The van der Waals surface area contributed by atoms with Gasteiger partial charge in [-0.25, -0.2) is 4.98 Å². The number of piperazine rings is 1. The molecule has 1 saturated heterocycles. The SMILES string of the molecule is CC(C)Cc1nnc(C(C)N2CCN(c3cc(C#N)ccn3)CC2)o1.